The first-order chi connectivity index (χ1) is 13.1. The third-order valence-corrected chi connectivity index (χ3v) is 5.09. The minimum absolute atomic E-state index is 0.111. The monoisotopic (exact) mass is 380 g/mol. The van der Waals surface area contributed by atoms with Crippen molar-refractivity contribution < 1.29 is 14.4 Å². The van der Waals surface area contributed by atoms with Crippen LogP contribution in [0.2, 0.25) is 0 Å². The number of benzene rings is 2. The van der Waals surface area contributed by atoms with E-state index in [-0.39, 0.29) is 13.1 Å². The van der Waals surface area contributed by atoms with Gasteiger partial charge in [0, 0.05) is 11.6 Å². The van der Waals surface area contributed by atoms with Crippen LogP contribution < -0.4 is 10.1 Å². The van der Waals surface area contributed by atoms with Crippen LogP contribution >= 0.6 is 11.3 Å². The zero-order valence-electron chi connectivity index (χ0n) is 14.3. The average molecular weight is 380 g/mol. The van der Waals surface area contributed by atoms with Gasteiger partial charge >= 0.3 is 6.03 Å². The summed E-state index contributed by atoms with van der Waals surface area (Å²) in [7, 11) is 0. The highest BCUT2D eigenvalue weighted by molar-refractivity contribution is 7.07. The molecule has 0 atom stereocenters. The van der Waals surface area contributed by atoms with Gasteiger partial charge in [0.25, 0.3) is 5.91 Å². The van der Waals surface area contributed by atoms with Crippen molar-refractivity contribution in [3.05, 3.63) is 64.4 Å². The number of nitrogens with one attached hydrogen (secondary N) is 1. The molecule has 0 unspecified atom stereocenters. The van der Waals surface area contributed by atoms with Gasteiger partial charge < -0.3 is 9.47 Å². The molecule has 4 rings (SSSR count). The molecule has 3 aromatic rings. The van der Waals surface area contributed by atoms with Gasteiger partial charge in [-0.1, -0.05) is 42.5 Å². The van der Waals surface area contributed by atoms with Gasteiger partial charge in [-0.3, -0.25) is 14.9 Å². The van der Waals surface area contributed by atoms with Crippen LogP contribution in [0, 0.1) is 0 Å². The quantitative estimate of drug-likeness (QED) is 0.700. The highest BCUT2D eigenvalue weighted by Gasteiger charge is 2.28. The van der Waals surface area contributed by atoms with Gasteiger partial charge in [-0.2, -0.15) is 4.99 Å². The Balaban J connectivity index is 1.57. The molecule has 1 aliphatic heterocycles. The molecule has 27 heavy (non-hydrogen) atoms. The van der Waals surface area contributed by atoms with E-state index in [0.717, 1.165) is 21.2 Å². The summed E-state index contributed by atoms with van der Waals surface area (Å²) in [5.41, 5.74) is 1.13. The lowest BCUT2D eigenvalue weighted by Crippen LogP contribution is -2.33. The Morgan fingerprint density at radius 2 is 1.96 bits per heavy atom. The summed E-state index contributed by atoms with van der Waals surface area (Å²) < 4.78 is 1.90. The molecule has 136 valence electrons. The van der Waals surface area contributed by atoms with Crippen molar-refractivity contribution in [2.45, 2.75) is 6.54 Å². The predicted octanol–water partition coefficient (Wildman–Crippen LogP) is 1.73. The second-order valence-corrected chi connectivity index (χ2v) is 7.04. The third-order valence-electron chi connectivity index (χ3n) is 4.30. The number of imide groups is 1. The van der Waals surface area contributed by atoms with Gasteiger partial charge in [-0.05, 0) is 16.3 Å². The summed E-state index contributed by atoms with van der Waals surface area (Å²) in [6.07, 6.45) is 1.88. The summed E-state index contributed by atoms with van der Waals surface area (Å²) in [6, 6.07) is 13.7. The van der Waals surface area contributed by atoms with E-state index >= 15 is 0 Å². The second kappa shape index (κ2) is 7.16. The number of rotatable bonds is 4. The fourth-order valence-electron chi connectivity index (χ4n) is 3.04. The van der Waals surface area contributed by atoms with Crippen LogP contribution in [-0.4, -0.2) is 40.4 Å². The standard InChI is InChI=1S/C19H16N4O3S/c24-16-11-23(18(26)20-16)12-17(25)21-19-22(8-9-27-19)10-14-6-3-5-13-4-1-2-7-15(13)14/h1-9H,10-12H2,(H,20,24,26). The van der Waals surface area contributed by atoms with Crippen LogP contribution in [0.4, 0.5) is 4.79 Å². The highest BCUT2D eigenvalue weighted by Crippen LogP contribution is 2.19. The predicted molar refractivity (Wildman–Crippen MR) is 101 cm³/mol. The molecule has 7 nitrogen and oxygen atoms in total. The maximum absolute atomic E-state index is 12.2. The molecule has 1 N–H and O–H groups in total. The fourth-order valence-corrected chi connectivity index (χ4v) is 3.78. The lowest BCUT2D eigenvalue weighted by atomic mass is 10.0. The smallest absolute Gasteiger partial charge is 0.319 e. The number of urea groups is 1. The van der Waals surface area contributed by atoms with Crippen molar-refractivity contribution in [2.24, 2.45) is 4.99 Å². The molecule has 0 saturated carbocycles. The second-order valence-electron chi connectivity index (χ2n) is 6.17. The van der Waals surface area contributed by atoms with E-state index < -0.39 is 17.8 Å². The molecular weight excluding hydrogens is 364 g/mol. The van der Waals surface area contributed by atoms with Crippen molar-refractivity contribution in [3.8, 4) is 0 Å². The largest absolute Gasteiger partial charge is 0.325 e. The number of carbonyl (C=O) groups excluding carboxylic acids is 3. The van der Waals surface area contributed by atoms with Gasteiger partial charge in [0.05, 0.1) is 6.54 Å². The Labute approximate surface area is 158 Å². The van der Waals surface area contributed by atoms with Crippen LogP contribution in [0.3, 0.4) is 0 Å². The topological polar surface area (TPSA) is 83.8 Å². The molecule has 0 bridgehead atoms. The highest BCUT2D eigenvalue weighted by atomic mass is 32.1. The number of carbonyl (C=O) groups is 3. The summed E-state index contributed by atoms with van der Waals surface area (Å²) in [5.74, 6) is -0.871. The normalized spacial score (nSPS) is 14.8. The SMILES string of the molecule is O=C(CN1CC(=O)NC1=O)N=c1sccn1Cc1cccc2ccccc12. The minimum Gasteiger partial charge on any atom is -0.319 e. The van der Waals surface area contributed by atoms with Gasteiger partial charge in [0.2, 0.25) is 5.91 Å². The molecule has 1 aliphatic rings. The summed E-state index contributed by atoms with van der Waals surface area (Å²) in [6.45, 7) is 0.254. The summed E-state index contributed by atoms with van der Waals surface area (Å²) in [5, 5.41) is 6.32. The summed E-state index contributed by atoms with van der Waals surface area (Å²) >= 11 is 1.35. The van der Waals surface area contributed by atoms with Crippen LogP contribution in [0.1, 0.15) is 5.56 Å². The molecule has 8 heteroatoms. The first kappa shape index (κ1) is 17.2. The van der Waals surface area contributed by atoms with E-state index in [2.05, 4.69) is 34.6 Å². The third kappa shape index (κ3) is 3.65. The number of thiazole rings is 1. The van der Waals surface area contributed by atoms with E-state index in [1.807, 2.05) is 34.3 Å². The van der Waals surface area contributed by atoms with Crippen LogP contribution in [0.15, 0.2) is 59.0 Å². The number of hydrogen-bond acceptors (Lipinski definition) is 4. The van der Waals surface area contributed by atoms with Crippen LogP contribution in [0.25, 0.3) is 10.8 Å². The first-order valence-electron chi connectivity index (χ1n) is 8.37. The number of amides is 4. The Kier molecular flexibility index (Phi) is 4.55. The van der Waals surface area contributed by atoms with Crippen molar-refractivity contribution >= 4 is 40.0 Å². The molecule has 1 saturated heterocycles. The zero-order chi connectivity index (χ0) is 18.8. The van der Waals surface area contributed by atoms with Crippen LogP contribution in [0.5, 0.6) is 0 Å². The van der Waals surface area contributed by atoms with Gasteiger partial charge in [-0.15, -0.1) is 11.3 Å². The van der Waals surface area contributed by atoms with Gasteiger partial charge in [0.15, 0.2) is 4.80 Å². The Morgan fingerprint density at radius 1 is 1.15 bits per heavy atom. The average Bonchev–Trinajstić information content (AvgIpc) is 3.21. The fraction of sp³-hybridized carbons (Fsp3) is 0.158. The Hall–Kier alpha value is -3.26. The molecule has 4 amide bonds. The Bertz CT molecular complexity index is 1110. The Morgan fingerprint density at radius 3 is 2.78 bits per heavy atom. The molecule has 2 aromatic carbocycles. The lowest BCUT2D eigenvalue weighted by molar-refractivity contribution is -0.119. The van der Waals surface area contributed by atoms with Crippen LogP contribution in [-0.2, 0) is 16.1 Å². The van der Waals surface area contributed by atoms with E-state index in [1.165, 1.54) is 11.3 Å². The molecule has 0 spiro atoms. The molecule has 0 radical (unpaired) electrons. The number of nitrogens with zero attached hydrogens (tertiary/aromatic N) is 3. The number of aromatic nitrogens is 1. The molecule has 2 heterocycles. The maximum Gasteiger partial charge on any atom is 0.325 e. The number of hydrogen-bond donors (Lipinski definition) is 1. The molecule has 1 aromatic heterocycles. The zero-order valence-corrected chi connectivity index (χ0v) is 15.1. The van der Waals surface area contributed by atoms with Gasteiger partial charge in [0.1, 0.15) is 13.1 Å². The molecule has 1 fully saturated rings. The number of fused-ring (bicyclic) bond motifs is 1. The summed E-state index contributed by atoms with van der Waals surface area (Å²) in [4.78, 5) is 40.8. The van der Waals surface area contributed by atoms with Crippen molar-refractivity contribution in [3.63, 3.8) is 0 Å². The van der Waals surface area contributed by atoms with Gasteiger partial charge in [-0.25, -0.2) is 4.79 Å². The van der Waals surface area contributed by atoms with E-state index in [0.29, 0.717) is 11.3 Å². The first-order valence-corrected chi connectivity index (χ1v) is 9.25. The molecule has 0 aliphatic carbocycles. The molecular formula is C19H16N4O3S. The minimum atomic E-state index is -0.557. The van der Waals surface area contributed by atoms with Crippen molar-refractivity contribution in [1.82, 2.24) is 14.8 Å². The van der Waals surface area contributed by atoms with E-state index in [4.69, 9.17) is 0 Å². The van der Waals surface area contributed by atoms with E-state index in [9.17, 15) is 14.4 Å². The van der Waals surface area contributed by atoms with Crippen molar-refractivity contribution in [2.75, 3.05) is 13.1 Å². The lowest BCUT2D eigenvalue weighted by Gasteiger charge is -2.10. The maximum atomic E-state index is 12.2. The van der Waals surface area contributed by atoms with Crippen molar-refractivity contribution in [1.29, 1.82) is 0 Å². The van der Waals surface area contributed by atoms with E-state index in [1.54, 1.807) is 0 Å².